The summed E-state index contributed by atoms with van der Waals surface area (Å²) in [5, 5.41) is 8.21. The molecule has 32 heavy (non-hydrogen) atoms. The molecule has 0 aliphatic heterocycles. The second kappa shape index (κ2) is 8.88. The van der Waals surface area contributed by atoms with Crippen LogP contribution in [0.15, 0.2) is 65.1 Å². The Kier molecular flexibility index (Phi) is 5.80. The molecule has 1 amide bonds. The van der Waals surface area contributed by atoms with Gasteiger partial charge in [0, 0.05) is 24.0 Å². The molecule has 0 atom stereocenters. The van der Waals surface area contributed by atoms with E-state index in [-0.39, 0.29) is 5.91 Å². The summed E-state index contributed by atoms with van der Waals surface area (Å²) in [4.78, 5) is 23.6. The Bertz CT molecular complexity index is 1250. The number of aryl methyl sites for hydroxylation is 1. The summed E-state index contributed by atoms with van der Waals surface area (Å²) in [5.41, 5.74) is 3.90. The third-order valence-electron chi connectivity index (χ3n) is 5.21. The average molecular weight is 462 g/mol. The number of hydrogen-bond donors (Lipinski definition) is 0. The summed E-state index contributed by atoms with van der Waals surface area (Å²) in [5.74, 6) is 2.14. The maximum Gasteiger partial charge on any atom is 0.230 e. The quantitative estimate of drug-likeness (QED) is 0.321. The van der Waals surface area contributed by atoms with E-state index in [9.17, 15) is 4.79 Å². The Morgan fingerprint density at radius 2 is 1.97 bits per heavy atom. The number of benzene rings is 2. The predicted molar refractivity (Wildman–Crippen MR) is 129 cm³/mol. The largest absolute Gasteiger partial charge is 0.274 e. The molecular weight excluding hydrogens is 438 g/mol. The van der Waals surface area contributed by atoms with Gasteiger partial charge in [0.05, 0.1) is 17.1 Å². The minimum atomic E-state index is -0.0542. The number of thioether (sulfide) groups is 1. The highest BCUT2D eigenvalue weighted by Crippen LogP contribution is 2.40. The van der Waals surface area contributed by atoms with Gasteiger partial charge >= 0.3 is 0 Å². The Balaban J connectivity index is 1.34. The fraction of sp³-hybridized carbons (Fsp3) is 0.250. The first-order valence-corrected chi connectivity index (χ1v) is 12.4. The van der Waals surface area contributed by atoms with Crippen LogP contribution in [-0.2, 0) is 10.5 Å². The van der Waals surface area contributed by atoms with E-state index < -0.39 is 0 Å². The van der Waals surface area contributed by atoms with Crippen LogP contribution in [0.2, 0.25) is 0 Å². The molecule has 0 N–H and O–H groups in total. The van der Waals surface area contributed by atoms with Crippen LogP contribution in [0, 0.1) is 6.92 Å². The van der Waals surface area contributed by atoms with Crippen molar-refractivity contribution in [3.05, 3.63) is 77.1 Å². The molecule has 1 aliphatic rings. The van der Waals surface area contributed by atoms with Gasteiger partial charge in [-0.3, -0.25) is 9.69 Å². The van der Waals surface area contributed by atoms with E-state index in [0.717, 1.165) is 33.6 Å². The standard InChI is InChI=1S/C24H23N5OS2/c1-16-7-6-10-21(13-16)28(17(2)30)24-25-19(15-32-24)14-31-23-26-22(18-11-12-18)29(27-23)20-8-4-3-5-9-20/h3-10,13,15,18H,11-12,14H2,1-2H3. The number of aromatic nitrogens is 4. The lowest BCUT2D eigenvalue weighted by atomic mass is 10.2. The Labute approximate surface area is 195 Å². The molecule has 2 heterocycles. The summed E-state index contributed by atoms with van der Waals surface area (Å²) < 4.78 is 1.97. The normalized spacial score (nSPS) is 13.3. The van der Waals surface area contributed by atoms with Crippen LogP contribution in [0.3, 0.4) is 0 Å². The monoisotopic (exact) mass is 461 g/mol. The first-order chi connectivity index (χ1) is 15.6. The van der Waals surface area contributed by atoms with E-state index in [4.69, 9.17) is 15.1 Å². The van der Waals surface area contributed by atoms with Crippen molar-refractivity contribution in [2.75, 3.05) is 4.90 Å². The van der Waals surface area contributed by atoms with E-state index in [2.05, 4.69) is 12.1 Å². The first kappa shape index (κ1) is 20.9. The molecular formula is C24H23N5OS2. The number of para-hydroxylation sites is 1. The van der Waals surface area contributed by atoms with E-state index in [1.54, 1.807) is 23.6 Å². The maximum atomic E-state index is 12.4. The van der Waals surface area contributed by atoms with Crippen LogP contribution in [0.25, 0.3) is 5.69 Å². The molecule has 4 aromatic rings. The van der Waals surface area contributed by atoms with Crippen molar-refractivity contribution in [2.45, 2.75) is 43.5 Å². The van der Waals surface area contributed by atoms with Crippen LogP contribution in [0.1, 0.15) is 42.8 Å². The topological polar surface area (TPSA) is 63.9 Å². The molecule has 0 radical (unpaired) electrons. The molecule has 1 saturated carbocycles. The summed E-state index contributed by atoms with van der Waals surface area (Å²) in [6.45, 7) is 3.58. The van der Waals surface area contributed by atoms with Gasteiger partial charge in [0.1, 0.15) is 5.82 Å². The number of thiazole rings is 1. The molecule has 6 nitrogen and oxygen atoms in total. The molecule has 1 fully saturated rings. The predicted octanol–water partition coefficient (Wildman–Crippen LogP) is 5.89. The van der Waals surface area contributed by atoms with Crippen molar-refractivity contribution in [3.63, 3.8) is 0 Å². The van der Waals surface area contributed by atoms with E-state index in [1.807, 2.05) is 59.5 Å². The zero-order valence-corrected chi connectivity index (χ0v) is 19.6. The number of amides is 1. The molecule has 8 heteroatoms. The van der Waals surface area contributed by atoms with Crippen LogP contribution in [0.5, 0.6) is 0 Å². The van der Waals surface area contributed by atoms with Gasteiger partial charge in [-0.2, -0.15) is 0 Å². The molecule has 0 spiro atoms. The van der Waals surface area contributed by atoms with Gasteiger partial charge in [0.15, 0.2) is 5.13 Å². The number of hydrogen-bond acceptors (Lipinski definition) is 6. The molecule has 162 valence electrons. The smallest absolute Gasteiger partial charge is 0.230 e. The average Bonchev–Trinajstić information content (AvgIpc) is 3.38. The molecule has 0 unspecified atom stereocenters. The molecule has 0 saturated heterocycles. The van der Waals surface area contributed by atoms with Crippen molar-refractivity contribution in [2.24, 2.45) is 0 Å². The van der Waals surface area contributed by atoms with Gasteiger partial charge in [-0.15, -0.1) is 16.4 Å². The van der Waals surface area contributed by atoms with Gasteiger partial charge in [-0.25, -0.2) is 14.6 Å². The van der Waals surface area contributed by atoms with Crippen molar-refractivity contribution in [1.29, 1.82) is 0 Å². The summed E-state index contributed by atoms with van der Waals surface area (Å²) in [7, 11) is 0. The second-order valence-electron chi connectivity index (χ2n) is 7.88. The third-order valence-corrected chi connectivity index (χ3v) is 6.96. The van der Waals surface area contributed by atoms with Crippen LogP contribution in [0.4, 0.5) is 10.8 Å². The van der Waals surface area contributed by atoms with Crippen molar-refractivity contribution >= 4 is 39.8 Å². The first-order valence-electron chi connectivity index (χ1n) is 10.6. The lowest BCUT2D eigenvalue weighted by Gasteiger charge is -2.18. The number of nitrogens with zero attached hydrogens (tertiary/aromatic N) is 5. The number of carbonyl (C=O) groups is 1. The second-order valence-corrected chi connectivity index (χ2v) is 9.66. The van der Waals surface area contributed by atoms with Crippen LogP contribution < -0.4 is 4.90 Å². The lowest BCUT2D eigenvalue weighted by Crippen LogP contribution is -2.22. The minimum Gasteiger partial charge on any atom is -0.274 e. The Morgan fingerprint density at radius 1 is 1.16 bits per heavy atom. The van der Waals surface area contributed by atoms with Crippen LogP contribution in [-0.4, -0.2) is 25.7 Å². The van der Waals surface area contributed by atoms with Gasteiger partial charge < -0.3 is 0 Å². The van der Waals surface area contributed by atoms with Gasteiger partial charge in [-0.05, 0) is 49.6 Å². The van der Waals surface area contributed by atoms with Crippen molar-refractivity contribution in [1.82, 2.24) is 19.7 Å². The highest BCUT2D eigenvalue weighted by Gasteiger charge is 2.30. The van der Waals surface area contributed by atoms with Crippen LogP contribution >= 0.6 is 23.1 Å². The van der Waals surface area contributed by atoms with Crippen molar-refractivity contribution in [3.8, 4) is 5.69 Å². The van der Waals surface area contributed by atoms with Gasteiger partial charge in [0.25, 0.3) is 0 Å². The highest BCUT2D eigenvalue weighted by atomic mass is 32.2. The molecule has 0 bridgehead atoms. The van der Waals surface area contributed by atoms with E-state index in [1.165, 1.54) is 24.2 Å². The summed E-state index contributed by atoms with van der Waals surface area (Å²) in [6.07, 6.45) is 2.34. The number of rotatable bonds is 7. The summed E-state index contributed by atoms with van der Waals surface area (Å²) in [6, 6.07) is 18.1. The van der Waals surface area contributed by atoms with E-state index >= 15 is 0 Å². The maximum absolute atomic E-state index is 12.4. The van der Waals surface area contributed by atoms with Gasteiger partial charge in [-0.1, -0.05) is 42.1 Å². The summed E-state index contributed by atoms with van der Waals surface area (Å²) >= 11 is 3.05. The van der Waals surface area contributed by atoms with Gasteiger partial charge in [0.2, 0.25) is 11.1 Å². The minimum absolute atomic E-state index is 0.0542. The zero-order chi connectivity index (χ0) is 22.1. The lowest BCUT2D eigenvalue weighted by molar-refractivity contribution is -0.115. The molecule has 2 aromatic carbocycles. The number of carbonyl (C=O) groups excluding carboxylic acids is 1. The molecule has 5 rings (SSSR count). The highest BCUT2D eigenvalue weighted by molar-refractivity contribution is 7.98. The molecule has 2 aromatic heterocycles. The number of anilines is 2. The Hall–Kier alpha value is -2.97. The fourth-order valence-corrected chi connectivity index (χ4v) is 5.24. The Morgan fingerprint density at radius 3 is 2.69 bits per heavy atom. The van der Waals surface area contributed by atoms with E-state index in [0.29, 0.717) is 16.8 Å². The fourth-order valence-electron chi connectivity index (χ4n) is 3.53. The molecule has 1 aliphatic carbocycles. The van der Waals surface area contributed by atoms with Crippen molar-refractivity contribution < 1.29 is 4.79 Å². The third kappa shape index (κ3) is 4.47. The zero-order valence-electron chi connectivity index (χ0n) is 17.9. The SMILES string of the molecule is CC(=O)N(c1cccc(C)c1)c1nc(CSc2nc(C3CC3)n(-c3ccccc3)n2)cs1.